The summed E-state index contributed by atoms with van der Waals surface area (Å²) in [5, 5.41) is 23.3. The van der Waals surface area contributed by atoms with Crippen molar-refractivity contribution in [2.45, 2.75) is 56.3 Å². The molecule has 0 saturated carbocycles. The van der Waals surface area contributed by atoms with Gasteiger partial charge in [-0.15, -0.1) is 0 Å². The van der Waals surface area contributed by atoms with Crippen molar-refractivity contribution in [2.75, 3.05) is 40.2 Å². The Morgan fingerprint density at radius 2 is 1.83 bits per heavy atom. The fraction of sp³-hybridized carbons (Fsp3) is 0.517. The highest BCUT2D eigenvalue weighted by Gasteiger charge is 2.35. The van der Waals surface area contributed by atoms with Crippen molar-refractivity contribution in [2.24, 2.45) is 5.41 Å². The number of hydrogen-bond acceptors (Lipinski definition) is 9. The van der Waals surface area contributed by atoms with Gasteiger partial charge in [-0.05, 0) is 48.1 Å². The smallest absolute Gasteiger partial charge is 0.407 e. The lowest BCUT2D eigenvalue weighted by molar-refractivity contribution is -0.151. The Bertz CT molecular complexity index is 1240. The molecule has 2 aromatic rings. The molecule has 2 atom stereocenters. The predicted molar refractivity (Wildman–Crippen MR) is 150 cm³/mol. The highest BCUT2D eigenvalue weighted by molar-refractivity contribution is 7.89. The Hall–Kier alpha value is -3.21. The number of nitrogens with zero attached hydrogens (tertiary/aromatic N) is 2. The fourth-order valence-corrected chi connectivity index (χ4v) is 6.10. The molecule has 1 amide bonds. The van der Waals surface area contributed by atoms with Crippen molar-refractivity contribution < 1.29 is 37.3 Å². The van der Waals surface area contributed by atoms with E-state index >= 15 is 0 Å². The maximum absolute atomic E-state index is 13.9. The van der Waals surface area contributed by atoms with E-state index in [9.17, 15) is 18.3 Å². The van der Waals surface area contributed by atoms with Crippen LogP contribution in [0.1, 0.15) is 32.3 Å². The third-order valence-corrected chi connectivity index (χ3v) is 8.55. The van der Waals surface area contributed by atoms with Crippen LogP contribution in [-0.2, 0) is 30.7 Å². The van der Waals surface area contributed by atoms with Crippen molar-refractivity contribution in [1.29, 1.82) is 5.26 Å². The van der Waals surface area contributed by atoms with E-state index in [0.717, 1.165) is 5.56 Å². The normalized spacial score (nSPS) is 16.0. The second-order valence-corrected chi connectivity index (χ2v) is 12.6. The minimum atomic E-state index is -4.08. The topological polar surface area (TPSA) is 147 Å². The molecule has 0 aliphatic carbocycles. The number of carbonyl (C=O) groups is 1. The monoisotopic (exact) mass is 589 g/mol. The molecule has 3 rings (SSSR count). The highest BCUT2D eigenvalue weighted by Crippen LogP contribution is 2.28. The molecular weight excluding hydrogens is 550 g/mol. The van der Waals surface area contributed by atoms with Gasteiger partial charge in [-0.25, -0.2) is 13.2 Å². The van der Waals surface area contributed by atoms with Gasteiger partial charge in [-0.1, -0.05) is 44.2 Å². The standard InChI is InChI=1S/C29H39N3O8S/c1-29(2,14-7-15-30)20-32(41(35,36)25-12-10-23(37-3)11-13-25)17-27(33)26(16-22-8-5-4-6-9-22)31-28(34)40-24-18-38-21-39-19-24/h4-6,8-13,24,26-27,33H,7,14,16-21H2,1-3H3,(H,31,34)/t26-,27+/m0/s1. The molecule has 0 unspecified atom stereocenters. The van der Waals surface area contributed by atoms with Crippen molar-refractivity contribution in [3.05, 3.63) is 60.2 Å². The van der Waals surface area contributed by atoms with E-state index in [-0.39, 0.29) is 50.8 Å². The van der Waals surface area contributed by atoms with Crippen LogP contribution in [0.25, 0.3) is 0 Å². The summed E-state index contributed by atoms with van der Waals surface area (Å²) in [5.41, 5.74) is 0.261. The molecule has 2 aromatic carbocycles. The molecule has 0 bridgehead atoms. The third kappa shape index (κ3) is 9.98. The number of amides is 1. The zero-order chi connectivity index (χ0) is 29.9. The van der Waals surface area contributed by atoms with Gasteiger partial charge in [0.2, 0.25) is 10.0 Å². The molecular formula is C29H39N3O8S. The van der Waals surface area contributed by atoms with Crippen molar-refractivity contribution in [3.8, 4) is 11.8 Å². The number of methoxy groups -OCH3 is 1. The van der Waals surface area contributed by atoms with Gasteiger partial charge in [0.25, 0.3) is 0 Å². The van der Waals surface area contributed by atoms with Crippen LogP contribution in [-0.4, -0.2) is 82.4 Å². The van der Waals surface area contributed by atoms with Crippen LogP contribution in [0.5, 0.6) is 5.75 Å². The predicted octanol–water partition coefficient (Wildman–Crippen LogP) is 3.09. The van der Waals surface area contributed by atoms with E-state index < -0.39 is 39.8 Å². The Balaban J connectivity index is 1.87. The van der Waals surface area contributed by atoms with Crippen LogP contribution in [0.15, 0.2) is 59.5 Å². The summed E-state index contributed by atoms with van der Waals surface area (Å²) in [6.45, 7) is 3.98. The van der Waals surface area contributed by atoms with Gasteiger partial charge >= 0.3 is 6.09 Å². The fourth-order valence-electron chi connectivity index (χ4n) is 4.45. The SMILES string of the molecule is COc1ccc(S(=O)(=O)N(C[C@@H](O)[C@H](Cc2ccccc2)NC(=O)OC2COCOC2)CC(C)(C)CCC#N)cc1. The molecule has 2 N–H and O–H groups in total. The maximum Gasteiger partial charge on any atom is 0.407 e. The lowest BCUT2D eigenvalue weighted by Gasteiger charge is -2.35. The summed E-state index contributed by atoms with van der Waals surface area (Å²) in [7, 11) is -2.59. The summed E-state index contributed by atoms with van der Waals surface area (Å²) < 4.78 is 49.8. The number of sulfonamides is 1. The molecule has 224 valence electrons. The summed E-state index contributed by atoms with van der Waals surface area (Å²) in [6.07, 6.45) is -1.75. The summed E-state index contributed by atoms with van der Waals surface area (Å²) in [4.78, 5) is 12.8. The number of rotatable bonds is 14. The van der Waals surface area contributed by atoms with E-state index in [0.29, 0.717) is 12.2 Å². The highest BCUT2D eigenvalue weighted by atomic mass is 32.2. The second kappa shape index (κ2) is 15.1. The minimum absolute atomic E-state index is 0.0332. The van der Waals surface area contributed by atoms with Crippen LogP contribution in [0.2, 0.25) is 0 Å². The quantitative estimate of drug-likeness (QED) is 0.339. The van der Waals surface area contributed by atoms with E-state index in [1.54, 1.807) is 12.1 Å². The molecule has 41 heavy (non-hydrogen) atoms. The maximum atomic E-state index is 13.9. The molecule has 11 nitrogen and oxygen atoms in total. The average Bonchev–Trinajstić information content (AvgIpc) is 2.96. The first-order chi connectivity index (χ1) is 19.5. The first-order valence-corrected chi connectivity index (χ1v) is 14.8. The van der Waals surface area contributed by atoms with E-state index in [1.165, 1.54) is 23.5 Å². The molecule has 0 radical (unpaired) electrons. The number of carbonyl (C=O) groups excluding carboxylic acids is 1. The summed E-state index contributed by atoms with van der Waals surface area (Å²) in [5.74, 6) is 0.504. The van der Waals surface area contributed by atoms with Crippen molar-refractivity contribution in [1.82, 2.24) is 9.62 Å². The average molecular weight is 590 g/mol. The van der Waals surface area contributed by atoms with Gasteiger partial charge in [0.15, 0.2) is 6.10 Å². The molecule has 1 aliphatic heterocycles. The molecule has 1 heterocycles. The van der Waals surface area contributed by atoms with Gasteiger partial charge in [-0.3, -0.25) is 0 Å². The van der Waals surface area contributed by atoms with Gasteiger partial charge in [0.05, 0.1) is 43.4 Å². The van der Waals surface area contributed by atoms with Crippen LogP contribution < -0.4 is 10.1 Å². The van der Waals surface area contributed by atoms with Gasteiger partial charge < -0.3 is 29.4 Å². The number of nitriles is 1. The molecule has 1 saturated heterocycles. The number of aliphatic hydroxyl groups is 1. The lowest BCUT2D eigenvalue weighted by Crippen LogP contribution is -2.52. The zero-order valence-electron chi connectivity index (χ0n) is 23.7. The summed E-state index contributed by atoms with van der Waals surface area (Å²) in [6, 6.07) is 16.5. The van der Waals surface area contributed by atoms with Crippen LogP contribution in [0.3, 0.4) is 0 Å². The minimum Gasteiger partial charge on any atom is -0.497 e. The van der Waals surface area contributed by atoms with Gasteiger partial charge in [0, 0.05) is 19.5 Å². The zero-order valence-corrected chi connectivity index (χ0v) is 24.5. The van der Waals surface area contributed by atoms with E-state index in [4.69, 9.17) is 24.2 Å². The number of benzene rings is 2. The van der Waals surface area contributed by atoms with Crippen molar-refractivity contribution in [3.63, 3.8) is 0 Å². The molecule has 0 spiro atoms. The molecule has 1 aliphatic rings. The molecule has 0 aromatic heterocycles. The number of aliphatic hydroxyl groups excluding tert-OH is 1. The first-order valence-electron chi connectivity index (χ1n) is 13.4. The molecule has 1 fully saturated rings. The van der Waals surface area contributed by atoms with Gasteiger partial charge in [0.1, 0.15) is 12.5 Å². The number of alkyl carbamates (subject to hydrolysis) is 1. The Labute approximate surface area is 242 Å². The Morgan fingerprint density at radius 1 is 1.17 bits per heavy atom. The van der Waals surface area contributed by atoms with E-state index in [2.05, 4.69) is 11.4 Å². The van der Waals surface area contributed by atoms with Crippen LogP contribution >= 0.6 is 0 Å². The second-order valence-electron chi connectivity index (χ2n) is 10.7. The summed E-state index contributed by atoms with van der Waals surface area (Å²) >= 11 is 0. The largest absolute Gasteiger partial charge is 0.497 e. The van der Waals surface area contributed by atoms with Gasteiger partial charge in [-0.2, -0.15) is 9.57 Å². The first kappa shape index (κ1) is 32.3. The third-order valence-electron chi connectivity index (χ3n) is 6.72. The Morgan fingerprint density at radius 3 is 2.44 bits per heavy atom. The number of nitrogens with one attached hydrogen (secondary N) is 1. The molecule has 12 heteroatoms. The van der Waals surface area contributed by atoms with Crippen LogP contribution in [0.4, 0.5) is 4.79 Å². The lowest BCUT2D eigenvalue weighted by atomic mass is 9.88. The number of hydrogen-bond donors (Lipinski definition) is 2. The number of ether oxygens (including phenoxy) is 4. The Kier molecular flexibility index (Phi) is 11.9. The van der Waals surface area contributed by atoms with E-state index in [1.807, 2.05) is 44.2 Å². The van der Waals surface area contributed by atoms with Crippen LogP contribution in [0, 0.1) is 16.7 Å². The van der Waals surface area contributed by atoms with Crippen molar-refractivity contribution >= 4 is 16.1 Å².